The molecule has 4 nitrogen and oxygen atoms in total. The minimum absolute atomic E-state index is 0.176. The Morgan fingerprint density at radius 3 is 2.55 bits per heavy atom. The molecule has 0 saturated heterocycles. The van der Waals surface area contributed by atoms with Gasteiger partial charge in [-0.3, -0.25) is 4.74 Å². The van der Waals surface area contributed by atoms with Gasteiger partial charge in [-0.05, 0) is 24.7 Å². The van der Waals surface area contributed by atoms with Crippen molar-refractivity contribution >= 4 is 0 Å². The lowest BCUT2D eigenvalue weighted by atomic mass is 10.2. The van der Waals surface area contributed by atoms with Crippen molar-refractivity contribution in [2.75, 3.05) is 26.9 Å². The Kier molecular flexibility index (Phi) is 6.60. The molecule has 0 aliphatic carbocycles. The first-order valence-electron chi connectivity index (χ1n) is 6.17. The van der Waals surface area contributed by atoms with Crippen LogP contribution in [0.2, 0.25) is 0 Å². The SMILES string of the molecule is CCNCc1cc(OC)ccc1OCCOC(F)(F)F. The third kappa shape index (κ3) is 6.12. The van der Waals surface area contributed by atoms with Crippen molar-refractivity contribution in [2.45, 2.75) is 19.8 Å². The molecule has 0 amide bonds. The summed E-state index contributed by atoms with van der Waals surface area (Å²) >= 11 is 0. The van der Waals surface area contributed by atoms with Gasteiger partial charge in [-0.2, -0.15) is 0 Å². The van der Waals surface area contributed by atoms with Crippen LogP contribution in [0.5, 0.6) is 11.5 Å². The highest BCUT2D eigenvalue weighted by Crippen LogP contribution is 2.24. The van der Waals surface area contributed by atoms with E-state index in [1.807, 2.05) is 6.92 Å². The summed E-state index contributed by atoms with van der Waals surface area (Å²) in [7, 11) is 1.55. The first-order chi connectivity index (χ1) is 9.46. The van der Waals surface area contributed by atoms with E-state index < -0.39 is 13.0 Å². The molecule has 1 N–H and O–H groups in total. The lowest BCUT2D eigenvalue weighted by Gasteiger charge is -2.14. The normalized spacial score (nSPS) is 11.4. The monoisotopic (exact) mass is 293 g/mol. The van der Waals surface area contributed by atoms with Crippen molar-refractivity contribution in [2.24, 2.45) is 0 Å². The molecular weight excluding hydrogens is 275 g/mol. The molecule has 0 saturated carbocycles. The number of benzene rings is 1. The summed E-state index contributed by atoms with van der Waals surface area (Å²) in [6.45, 7) is 2.55. The fraction of sp³-hybridized carbons (Fsp3) is 0.538. The maximum atomic E-state index is 11.8. The number of rotatable bonds is 8. The van der Waals surface area contributed by atoms with E-state index in [4.69, 9.17) is 9.47 Å². The molecule has 114 valence electrons. The summed E-state index contributed by atoms with van der Waals surface area (Å²) in [5, 5.41) is 3.12. The van der Waals surface area contributed by atoms with Crippen LogP contribution in [0.4, 0.5) is 13.2 Å². The van der Waals surface area contributed by atoms with Gasteiger partial charge in [0.05, 0.1) is 13.7 Å². The van der Waals surface area contributed by atoms with Crippen molar-refractivity contribution in [3.63, 3.8) is 0 Å². The second-order valence-electron chi connectivity index (χ2n) is 3.90. The Balaban J connectivity index is 2.58. The van der Waals surface area contributed by atoms with E-state index in [1.54, 1.807) is 25.3 Å². The smallest absolute Gasteiger partial charge is 0.497 e. The Hall–Kier alpha value is -1.47. The van der Waals surface area contributed by atoms with Gasteiger partial charge in [0.1, 0.15) is 18.1 Å². The van der Waals surface area contributed by atoms with E-state index >= 15 is 0 Å². The van der Waals surface area contributed by atoms with Gasteiger partial charge in [0, 0.05) is 12.1 Å². The summed E-state index contributed by atoms with van der Waals surface area (Å²) in [5.41, 5.74) is 0.818. The molecular formula is C13H18F3NO3. The Labute approximate surface area is 115 Å². The molecule has 20 heavy (non-hydrogen) atoms. The average molecular weight is 293 g/mol. The number of hydrogen-bond donors (Lipinski definition) is 1. The quantitative estimate of drug-likeness (QED) is 0.748. The summed E-state index contributed by atoms with van der Waals surface area (Å²) in [5.74, 6) is 1.18. The predicted octanol–water partition coefficient (Wildman–Crippen LogP) is 2.72. The number of halogens is 3. The van der Waals surface area contributed by atoms with Gasteiger partial charge in [0.15, 0.2) is 0 Å². The molecule has 1 aromatic carbocycles. The van der Waals surface area contributed by atoms with Crippen LogP contribution in [0, 0.1) is 0 Å². The molecule has 0 bridgehead atoms. The number of nitrogens with one attached hydrogen (secondary N) is 1. The topological polar surface area (TPSA) is 39.7 Å². The van der Waals surface area contributed by atoms with Gasteiger partial charge >= 0.3 is 6.36 Å². The second kappa shape index (κ2) is 7.96. The largest absolute Gasteiger partial charge is 0.522 e. The maximum absolute atomic E-state index is 11.8. The van der Waals surface area contributed by atoms with Crippen molar-refractivity contribution < 1.29 is 27.4 Å². The number of methoxy groups -OCH3 is 1. The lowest BCUT2D eigenvalue weighted by Crippen LogP contribution is -2.19. The fourth-order valence-electron chi connectivity index (χ4n) is 1.53. The molecule has 0 unspecified atom stereocenters. The first-order valence-corrected chi connectivity index (χ1v) is 6.17. The van der Waals surface area contributed by atoms with E-state index in [0.717, 1.165) is 12.1 Å². The van der Waals surface area contributed by atoms with E-state index in [-0.39, 0.29) is 6.61 Å². The van der Waals surface area contributed by atoms with Crippen LogP contribution in [0.1, 0.15) is 12.5 Å². The van der Waals surface area contributed by atoms with Crippen molar-refractivity contribution in [3.05, 3.63) is 23.8 Å². The highest BCUT2D eigenvalue weighted by Gasteiger charge is 2.28. The highest BCUT2D eigenvalue weighted by atomic mass is 19.4. The zero-order chi connectivity index (χ0) is 15.0. The molecule has 0 heterocycles. The maximum Gasteiger partial charge on any atom is 0.522 e. The van der Waals surface area contributed by atoms with Crippen LogP contribution in [-0.2, 0) is 11.3 Å². The lowest BCUT2D eigenvalue weighted by molar-refractivity contribution is -0.325. The summed E-state index contributed by atoms with van der Waals surface area (Å²) in [6.07, 6.45) is -4.63. The average Bonchev–Trinajstić information content (AvgIpc) is 2.40. The van der Waals surface area contributed by atoms with Gasteiger partial charge in [-0.1, -0.05) is 6.92 Å². The van der Waals surface area contributed by atoms with Crippen molar-refractivity contribution in [1.82, 2.24) is 5.32 Å². The molecule has 7 heteroatoms. The highest BCUT2D eigenvalue weighted by molar-refractivity contribution is 5.40. The van der Waals surface area contributed by atoms with Crippen LogP contribution in [0.3, 0.4) is 0 Å². The van der Waals surface area contributed by atoms with E-state index in [1.165, 1.54) is 0 Å². The minimum atomic E-state index is -4.63. The van der Waals surface area contributed by atoms with Crippen LogP contribution in [0.25, 0.3) is 0 Å². The molecule has 1 rings (SSSR count). The van der Waals surface area contributed by atoms with E-state index in [0.29, 0.717) is 18.0 Å². The zero-order valence-electron chi connectivity index (χ0n) is 11.4. The molecule has 0 aliphatic heterocycles. The zero-order valence-corrected chi connectivity index (χ0v) is 11.4. The van der Waals surface area contributed by atoms with Crippen molar-refractivity contribution in [1.29, 1.82) is 0 Å². The second-order valence-corrected chi connectivity index (χ2v) is 3.90. The third-order valence-electron chi connectivity index (χ3n) is 2.44. The molecule has 0 spiro atoms. The molecule has 0 aliphatic rings. The van der Waals surface area contributed by atoms with Crippen molar-refractivity contribution in [3.8, 4) is 11.5 Å². The number of alkyl halides is 3. The van der Waals surface area contributed by atoms with Gasteiger partial charge in [0.2, 0.25) is 0 Å². The van der Waals surface area contributed by atoms with Gasteiger partial charge < -0.3 is 14.8 Å². The Morgan fingerprint density at radius 1 is 1.20 bits per heavy atom. The number of ether oxygens (including phenoxy) is 3. The Bertz CT molecular complexity index is 410. The third-order valence-corrected chi connectivity index (χ3v) is 2.44. The fourth-order valence-corrected chi connectivity index (χ4v) is 1.53. The van der Waals surface area contributed by atoms with Crippen LogP contribution in [0.15, 0.2) is 18.2 Å². The molecule has 0 aromatic heterocycles. The molecule has 1 aromatic rings. The molecule has 0 radical (unpaired) electrons. The number of hydrogen-bond acceptors (Lipinski definition) is 4. The van der Waals surface area contributed by atoms with E-state index in [9.17, 15) is 13.2 Å². The van der Waals surface area contributed by atoms with Crippen LogP contribution in [-0.4, -0.2) is 33.2 Å². The summed E-state index contributed by atoms with van der Waals surface area (Å²) < 4.78 is 49.5. The minimum Gasteiger partial charge on any atom is -0.497 e. The molecule has 0 atom stereocenters. The Morgan fingerprint density at radius 2 is 1.95 bits per heavy atom. The predicted molar refractivity (Wildman–Crippen MR) is 67.9 cm³/mol. The summed E-state index contributed by atoms with van der Waals surface area (Å²) in [4.78, 5) is 0. The van der Waals surface area contributed by atoms with Crippen LogP contribution >= 0.6 is 0 Å². The van der Waals surface area contributed by atoms with Gasteiger partial charge in [-0.25, -0.2) is 0 Å². The van der Waals surface area contributed by atoms with E-state index in [2.05, 4.69) is 10.1 Å². The summed E-state index contributed by atoms with van der Waals surface area (Å²) in [6, 6.07) is 5.14. The molecule has 0 fully saturated rings. The van der Waals surface area contributed by atoms with Gasteiger partial charge in [-0.15, -0.1) is 13.2 Å². The van der Waals surface area contributed by atoms with Gasteiger partial charge in [0.25, 0.3) is 0 Å². The standard InChI is InChI=1S/C13H18F3NO3/c1-3-17-9-10-8-11(18-2)4-5-12(10)19-6-7-20-13(14,15)16/h4-5,8,17H,3,6-7,9H2,1-2H3. The first kappa shape index (κ1) is 16.6. The van der Waals surface area contributed by atoms with Crippen LogP contribution < -0.4 is 14.8 Å².